The minimum absolute atomic E-state index is 0.114. The Bertz CT molecular complexity index is 1560. The number of aldehydes is 1. The Morgan fingerprint density at radius 1 is 1.07 bits per heavy atom. The molecule has 2 N–H and O–H groups in total. The van der Waals surface area contributed by atoms with E-state index in [1.54, 1.807) is 6.07 Å². The summed E-state index contributed by atoms with van der Waals surface area (Å²) in [4.78, 5) is 31.6. The number of amides is 1. The lowest BCUT2D eigenvalue weighted by Crippen LogP contribution is -2.42. The molecule has 2 aromatic carbocycles. The summed E-state index contributed by atoms with van der Waals surface area (Å²) in [5, 5.41) is 9.06. The van der Waals surface area contributed by atoms with Gasteiger partial charge in [-0.05, 0) is 119 Å². The number of halogens is 1. The van der Waals surface area contributed by atoms with Crippen molar-refractivity contribution in [3.8, 4) is 5.75 Å². The number of nitrogens with zero attached hydrogens (tertiary/aromatic N) is 3. The molecule has 2 aromatic rings. The molecule has 0 radical (unpaired) electrons. The van der Waals surface area contributed by atoms with Crippen molar-refractivity contribution in [3.05, 3.63) is 70.3 Å². The zero-order valence-corrected chi connectivity index (χ0v) is 35.5. The molecule has 2 bridgehead atoms. The maximum absolute atomic E-state index is 13.3. The molecular weight excluding hydrogens is 736 g/mol. The number of ether oxygens (including phenoxy) is 2. The summed E-state index contributed by atoms with van der Waals surface area (Å²) in [5.74, 6) is 1.70. The predicted molar refractivity (Wildman–Crippen MR) is 225 cm³/mol. The number of allylic oxidation sites excluding steroid dienone is 2. The Morgan fingerprint density at radius 3 is 2.47 bits per heavy atom. The van der Waals surface area contributed by atoms with Crippen LogP contribution in [0.4, 0.5) is 5.69 Å². The third-order valence-corrected chi connectivity index (χ3v) is 12.9. The number of anilines is 1. The van der Waals surface area contributed by atoms with Crippen LogP contribution in [0.5, 0.6) is 5.75 Å². The molecule has 1 amide bonds. The van der Waals surface area contributed by atoms with Crippen molar-refractivity contribution in [2.24, 2.45) is 23.7 Å². The molecule has 4 aliphatic rings. The van der Waals surface area contributed by atoms with Crippen molar-refractivity contribution in [3.63, 3.8) is 0 Å². The van der Waals surface area contributed by atoms with Crippen molar-refractivity contribution in [1.29, 1.82) is 0 Å². The molecule has 7 atom stereocenters. The van der Waals surface area contributed by atoms with Gasteiger partial charge in [0, 0.05) is 55.6 Å². The Hall–Kier alpha value is -2.80. The van der Waals surface area contributed by atoms with Gasteiger partial charge in [-0.3, -0.25) is 14.4 Å². The first-order chi connectivity index (χ1) is 26.4. The summed E-state index contributed by atoms with van der Waals surface area (Å²) in [5.41, 5.74) is 3.87. The van der Waals surface area contributed by atoms with Crippen LogP contribution < -0.4 is 14.4 Å². The van der Waals surface area contributed by atoms with Crippen molar-refractivity contribution < 1.29 is 28.4 Å². The number of hydrogen-bond acceptors (Lipinski definition) is 9. The molecule has 2 fully saturated rings. The largest absolute Gasteiger partial charge is 0.491 e. The third kappa shape index (κ3) is 13.4. The van der Waals surface area contributed by atoms with Gasteiger partial charge in [0.1, 0.15) is 23.0 Å². The van der Waals surface area contributed by atoms with E-state index in [4.69, 9.17) is 26.2 Å². The molecule has 12 heteroatoms. The molecule has 55 heavy (non-hydrogen) atoms. The van der Waals surface area contributed by atoms with Crippen molar-refractivity contribution in [1.82, 2.24) is 14.5 Å². The normalized spacial score (nSPS) is 27.7. The number of hydrogen-bond donors (Lipinski definition) is 2. The summed E-state index contributed by atoms with van der Waals surface area (Å²) in [7, 11) is 4.47. The van der Waals surface area contributed by atoms with E-state index in [1.807, 2.05) is 51.2 Å². The first-order valence-corrected chi connectivity index (χ1v) is 21.7. The van der Waals surface area contributed by atoms with Crippen LogP contribution in [-0.4, -0.2) is 117 Å². The van der Waals surface area contributed by atoms with Crippen molar-refractivity contribution in [2.45, 2.75) is 70.5 Å². The fourth-order valence-electron chi connectivity index (χ4n) is 7.71. The van der Waals surface area contributed by atoms with E-state index in [1.165, 1.54) is 11.1 Å². The van der Waals surface area contributed by atoms with Gasteiger partial charge in [0.05, 0.1) is 37.4 Å². The molecule has 1 saturated heterocycles. The Balaban J connectivity index is 0.000000440. The molecule has 10 nitrogen and oxygen atoms in total. The zero-order chi connectivity index (χ0) is 39.9. The fraction of sp³-hybridized carbons (Fsp3) is 0.628. The number of morpholine rings is 1. The maximum atomic E-state index is 13.3. The summed E-state index contributed by atoms with van der Waals surface area (Å²) < 4.78 is 27.4. The molecule has 6 rings (SSSR count). The number of benzene rings is 2. The molecule has 1 saturated carbocycles. The van der Waals surface area contributed by atoms with Gasteiger partial charge in [0.25, 0.3) is 5.91 Å². The lowest BCUT2D eigenvalue weighted by molar-refractivity contribution is -0.109. The van der Waals surface area contributed by atoms with Gasteiger partial charge in [0.15, 0.2) is 0 Å². The zero-order valence-electron chi connectivity index (χ0n) is 33.9. The van der Waals surface area contributed by atoms with E-state index in [2.05, 4.69) is 52.7 Å². The Kier molecular flexibility index (Phi) is 18.6. The number of carbonyl (C=O) groups is 2. The van der Waals surface area contributed by atoms with Gasteiger partial charge >= 0.3 is 0 Å². The van der Waals surface area contributed by atoms with Crippen LogP contribution in [0.3, 0.4) is 0 Å². The minimum Gasteiger partial charge on any atom is -0.491 e. The Morgan fingerprint density at radius 2 is 1.82 bits per heavy atom. The number of aliphatic hydroxyl groups is 1. The number of β-amino-alcohol motifs (C(OH)–C–C–N with tert-alkyl or cyclic N) is 1. The second-order valence-corrected chi connectivity index (χ2v) is 17.8. The summed E-state index contributed by atoms with van der Waals surface area (Å²) in [6, 6.07) is 11.7. The second-order valence-electron chi connectivity index (χ2n) is 15.9. The van der Waals surface area contributed by atoms with E-state index in [9.17, 15) is 13.8 Å². The van der Waals surface area contributed by atoms with Gasteiger partial charge in [-0.1, -0.05) is 50.1 Å². The highest BCUT2D eigenvalue weighted by Gasteiger charge is 2.38. The topological polar surface area (TPSA) is 112 Å². The summed E-state index contributed by atoms with van der Waals surface area (Å²) in [6.45, 7) is 12.9. The highest BCUT2D eigenvalue weighted by atomic mass is 35.5. The van der Waals surface area contributed by atoms with E-state index in [0.29, 0.717) is 30.4 Å². The van der Waals surface area contributed by atoms with E-state index >= 15 is 0 Å². The molecule has 1 aliphatic carbocycles. The van der Waals surface area contributed by atoms with Crippen molar-refractivity contribution in [2.75, 3.05) is 85.2 Å². The highest BCUT2D eigenvalue weighted by molar-refractivity contribution is 7.84. The van der Waals surface area contributed by atoms with Crippen LogP contribution in [-0.2, 0) is 26.9 Å². The van der Waals surface area contributed by atoms with Gasteiger partial charge in [-0.2, -0.15) is 0 Å². The average Bonchev–Trinajstić information content (AvgIpc) is 3.32. The van der Waals surface area contributed by atoms with Crippen LogP contribution in [0.25, 0.3) is 0 Å². The third-order valence-electron chi connectivity index (χ3n) is 11.1. The predicted octanol–water partition coefficient (Wildman–Crippen LogP) is 6.37. The SMILES string of the molecule is CCCc1cc(Cl)ccc1C1COc2ccc3cc2N(C1)CC1CCC1C(CC=O)/C=C/CC(C)C(C)S(=O)NC3=O.CN(C)C.OCCN1CCOCC1. The average molecular weight is 802 g/mol. The van der Waals surface area contributed by atoms with Gasteiger partial charge in [0.2, 0.25) is 0 Å². The van der Waals surface area contributed by atoms with E-state index in [0.717, 1.165) is 101 Å². The number of aliphatic hydroxyl groups excluding tert-OH is 1. The smallest absolute Gasteiger partial charge is 0.263 e. The van der Waals surface area contributed by atoms with Gasteiger partial charge in [-0.15, -0.1) is 0 Å². The Labute approximate surface area is 337 Å². The monoisotopic (exact) mass is 800 g/mol. The van der Waals surface area contributed by atoms with E-state index < -0.39 is 11.0 Å². The second kappa shape index (κ2) is 22.8. The molecule has 0 aromatic heterocycles. The molecule has 306 valence electrons. The fourth-order valence-corrected chi connectivity index (χ4v) is 8.92. The van der Waals surface area contributed by atoms with Crippen LogP contribution in [0.15, 0.2) is 48.6 Å². The van der Waals surface area contributed by atoms with Crippen LogP contribution in [0, 0.1) is 23.7 Å². The van der Waals surface area contributed by atoms with Crippen LogP contribution in [0.2, 0.25) is 5.02 Å². The number of nitrogens with one attached hydrogen (secondary N) is 1. The number of aryl methyl sites for hydroxylation is 1. The molecule has 3 heterocycles. The molecule has 7 unspecified atom stereocenters. The highest BCUT2D eigenvalue weighted by Crippen LogP contribution is 2.45. The van der Waals surface area contributed by atoms with Crippen LogP contribution in [0.1, 0.15) is 80.3 Å². The maximum Gasteiger partial charge on any atom is 0.263 e. The molecular formula is C43H65ClN4O6S. The molecule has 3 aliphatic heterocycles. The van der Waals surface area contributed by atoms with Gasteiger partial charge in [-0.25, -0.2) is 4.21 Å². The number of fused-ring (bicyclic) bond motifs is 2. The van der Waals surface area contributed by atoms with Gasteiger partial charge < -0.3 is 29.2 Å². The standard InChI is InChI=1S/C34H43ClN2O4S.C6H13NO2.C3H9N/c1-4-6-25-17-29(35)11-13-31(25)28-20-37-19-27-9-12-30(27)24(15-16-38)8-5-7-22(2)23(3)42(40)36-34(39)26-10-14-33(41-21-28)32(37)18-26;8-4-1-7-2-5-9-6-3-7;1-4(2)3/h5,8,10-11,13-14,16-18,22-24,27-28,30H,4,6-7,9,12,15,19-21H2,1-3H3,(H,36,39);8H,1-6H2;1-3H3/b8-5+;;. The van der Waals surface area contributed by atoms with Crippen molar-refractivity contribution >= 4 is 40.5 Å². The lowest BCUT2D eigenvalue weighted by Gasteiger charge is -2.44. The summed E-state index contributed by atoms with van der Waals surface area (Å²) in [6.07, 6.45) is 10.9. The first-order valence-electron chi connectivity index (χ1n) is 20.1. The lowest BCUT2D eigenvalue weighted by atomic mass is 9.65. The minimum atomic E-state index is -1.53. The molecule has 0 spiro atoms. The summed E-state index contributed by atoms with van der Waals surface area (Å²) >= 11 is 6.40. The number of carbonyl (C=O) groups excluding carboxylic acids is 2. The van der Waals surface area contributed by atoms with E-state index in [-0.39, 0.29) is 35.5 Å². The van der Waals surface area contributed by atoms with Crippen LogP contribution >= 0.6 is 11.6 Å². The first kappa shape index (κ1) is 44.9. The quantitative estimate of drug-likeness (QED) is 0.244. The number of rotatable bonds is 7.